The molecule has 0 saturated carbocycles. The Labute approximate surface area is 224 Å². The van der Waals surface area contributed by atoms with E-state index in [1.54, 1.807) is 24.3 Å². The SMILES string of the molecule is COc1ccc(S(=O)(=O)NCCCN2CCOCC2)cc1N1CCN(S(=O)(=O)c2ccc(Cl)cc2)CC1. The summed E-state index contributed by atoms with van der Waals surface area (Å²) in [6.45, 7) is 5.58. The van der Waals surface area contributed by atoms with E-state index in [9.17, 15) is 16.8 Å². The highest BCUT2D eigenvalue weighted by Crippen LogP contribution is 2.32. The number of methoxy groups -OCH3 is 1. The van der Waals surface area contributed by atoms with Crippen molar-refractivity contribution in [1.29, 1.82) is 0 Å². The third-order valence-corrected chi connectivity index (χ3v) is 10.2. The molecule has 2 aromatic rings. The van der Waals surface area contributed by atoms with Crippen LogP contribution >= 0.6 is 11.6 Å². The Kier molecular flexibility index (Phi) is 9.33. The Bertz CT molecular complexity index is 1260. The number of morpholine rings is 1. The minimum Gasteiger partial charge on any atom is -0.495 e. The summed E-state index contributed by atoms with van der Waals surface area (Å²) in [5.74, 6) is 0.528. The van der Waals surface area contributed by atoms with Gasteiger partial charge in [0.15, 0.2) is 0 Å². The lowest BCUT2D eigenvalue weighted by atomic mass is 10.2. The molecule has 2 fully saturated rings. The van der Waals surface area contributed by atoms with Crippen molar-refractivity contribution >= 4 is 37.3 Å². The van der Waals surface area contributed by atoms with Crippen LogP contribution < -0.4 is 14.4 Å². The summed E-state index contributed by atoms with van der Waals surface area (Å²) < 4.78 is 66.9. The van der Waals surface area contributed by atoms with Crippen LogP contribution in [0.2, 0.25) is 5.02 Å². The van der Waals surface area contributed by atoms with Crippen LogP contribution in [0.1, 0.15) is 6.42 Å². The molecule has 2 heterocycles. The minimum absolute atomic E-state index is 0.144. The van der Waals surface area contributed by atoms with Gasteiger partial charge in [0.05, 0.1) is 35.8 Å². The summed E-state index contributed by atoms with van der Waals surface area (Å²) in [5.41, 5.74) is 0.613. The second-order valence-electron chi connectivity index (χ2n) is 8.88. The zero-order valence-electron chi connectivity index (χ0n) is 20.8. The molecule has 2 aliphatic rings. The van der Waals surface area contributed by atoms with Crippen LogP contribution in [0, 0.1) is 0 Å². The molecule has 0 unspecified atom stereocenters. The lowest BCUT2D eigenvalue weighted by Gasteiger charge is -2.36. The highest BCUT2D eigenvalue weighted by atomic mass is 35.5. The largest absolute Gasteiger partial charge is 0.495 e. The van der Waals surface area contributed by atoms with Gasteiger partial charge in [0.25, 0.3) is 0 Å². The number of nitrogens with one attached hydrogen (secondary N) is 1. The molecule has 10 nitrogen and oxygen atoms in total. The first-order chi connectivity index (χ1) is 17.7. The van der Waals surface area contributed by atoms with E-state index in [1.165, 1.54) is 29.6 Å². The average molecular weight is 573 g/mol. The molecule has 1 N–H and O–H groups in total. The maximum Gasteiger partial charge on any atom is 0.243 e. The molecule has 204 valence electrons. The fourth-order valence-corrected chi connectivity index (χ4v) is 7.07. The summed E-state index contributed by atoms with van der Waals surface area (Å²) in [6, 6.07) is 10.8. The van der Waals surface area contributed by atoms with Crippen LogP contribution in [-0.4, -0.2) is 98.7 Å². The monoisotopic (exact) mass is 572 g/mol. The summed E-state index contributed by atoms with van der Waals surface area (Å²) in [4.78, 5) is 4.54. The van der Waals surface area contributed by atoms with Crippen molar-refractivity contribution in [2.75, 3.05) is 77.6 Å². The Balaban J connectivity index is 1.40. The van der Waals surface area contributed by atoms with E-state index >= 15 is 0 Å². The second kappa shape index (κ2) is 12.3. The number of halogens is 1. The first kappa shape index (κ1) is 28.1. The van der Waals surface area contributed by atoms with Crippen molar-refractivity contribution in [3.63, 3.8) is 0 Å². The Morgan fingerprint density at radius 2 is 1.57 bits per heavy atom. The molecule has 2 aliphatic heterocycles. The van der Waals surface area contributed by atoms with Gasteiger partial charge in [0.1, 0.15) is 5.75 Å². The van der Waals surface area contributed by atoms with Gasteiger partial charge in [-0.25, -0.2) is 21.6 Å². The predicted octanol–water partition coefficient (Wildman–Crippen LogP) is 1.86. The van der Waals surface area contributed by atoms with E-state index in [2.05, 4.69) is 9.62 Å². The smallest absolute Gasteiger partial charge is 0.243 e. The lowest BCUT2D eigenvalue weighted by Crippen LogP contribution is -2.48. The molecule has 0 amide bonds. The summed E-state index contributed by atoms with van der Waals surface area (Å²) in [5, 5.41) is 0.470. The third kappa shape index (κ3) is 6.94. The topological polar surface area (TPSA) is 108 Å². The number of anilines is 1. The van der Waals surface area contributed by atoms with E-state index in [-0.39, 0.29) is 22.9 Å². The van der Waals surface area contributed by atoms with E-state index in [4.69, 9.17) is 21.1 Å². The van der Waals surface area contributed by atoms with Crippen LogP contribution in [0.5, 0.6) is 5.75 Å². The van der Waals surface area contributed by atoms with Gasteiger partial charge in [-0.05, 0) is 55.4 Å². The standard InChI is InChI=1S/C24H33ClN4O6S2/c1-34-24-8-7-22(36(30,31)26-9-2-10-27-15-17-35-18-16-27)19-23(24)28-11-13-29(14-12-28)37(32,33)21-5-3-20(25)4-6-21/h3-8,19,26H,2,9-18H2,1H3. The van der Waals surface area contributed by atoms with E-state index in [0.717, 1.165) is 19.6 Å². The molecule has 2 aromatic carbocycles. The van der Waals surface area contributed by atoms with Gasteiger partial charge in [0, 0.05) is 50.8 Å². The van der Waals surface area contributed by atoms with Gasteiger partial charge >= 0.3 is 0 Å². The van der Waals surface area contributed by atoms with Crippen LogP contribution in [0.15, 0.2) is 52.3 Å². The lowest BCUT2D eigenvalue weighted by molar-refractivity contribution is 0.0376. The van der Waals surface area contributed by atoms with Crippen LogP contribution in [0.3, 0.4) is 0 Å². The van der Waals surface area contributed by atoms with E-state index in [0.29, 0.717) is 55.7 Å². The van der Waals surface area contributed by atoms with Crippen molar-refractivity contribution in [2.45, 2.75) is 16.2 Å². The zero-order valence-corrected chi connectivity index (χ0v) is 23.2. The van der Waals surface area contributed by atoms with Crippen molar-refractivity contribution in [3.8, 4) is 5.75 Å². The minimum atomic E-state index is -3.72. The van der Waals surface area contributed by atoms with Gasteiger partial charge < -0.3 is 14.4 Å². The van der Waals surface area contributed by atoms with Crippen molar-refractivity contribution in [1.82, 2.24) is 13.9 Å². The fourth-order valence-electron chi connectivity index (χ4n) is 4.43. The maximum atomic E-state index is 13.0. The summed E-state index contributed by atoms with van der Waals surface area (Å²) in [6.07, 6.45) is 0.701. The third-order valence-electron chi connectivity index (χ3n) is 6.54. The number of benzene rings is 2. The number of rotatable bonds is 10. The number of hydrogen-bond donors (Lipinski definition) is 1. The molecule has 0 radical (unpaired) electrons. The first-order valence-corrected chi connectivity index (χ1v) is 15.5. The Hall–Kier alpha value is -1.93. The highest BCUT2D eigenvalue weighted by molar-refractivity contribution is 7.89. The molecule has 0 aromatic heterocycles. The Morgan fingerprint density at radius 1 is 0.919 bits per heavy atom. The molecule has 4 rings (SSSR count). The number of hydrogen-bond acceptors (Lipinski definition) is 8. The number of piperazine rings is 1. The van der Waals surface area contributed by atoms with Gasteiger partial charge in [-0.1, -0.05) is 11.6 Å². The first-order valence-electron chi connectivity index (χ1n) is 12.2. The summed E-state index contributed by atoms with van der Waals surface area (Å²) >= 11 is 5.90. The molecule has 0 spiro atoms. The molecule has 0 atom stereocenters. The molecule has 13 heteroatoms. The Morgan fingerprint density at radius 3 is 2.22 bits per heavy atom. The maximum absolute atomic E-state index is 13.0. The van der Waals surface area contributed by atoms with Gasteiger partial charge in [-0.3, -0.25) is 4.90 Å². The predicted molar refractivity (Wildman–Crippen MR) is 142 cm³/mol. The molecule has 0 aliphatic carbocycles. The van der Waals surface area contributed by atoms with Crippen LogP contribution in [0.4, 0.5) is 5.69 Å². The van der Waals surface area contributed by atoms with E-state index in [1.807, 2.05) is 4.90 Å². The van der Waals surface area contributed by atoms with Gasteiger partial charge in [0.2, 0.25) is 20.0 Å². The van der Waals surface area contributed by atoms with E-state index < -0.39 is 20.0 Å². The van der Waals surface area contributed by atoms with Gasteiger partial charge in [-0.15, -0.1) is 0 Å². The number of sulfonamides is 2. The molecular weight excluding hydrogens is 540 g/mol. The number of ether oxygens (including phenoxy) is 2. The van der Waals surface area contributed by atoms with Crippen LogP contribution in [0.25, 0.3) is 0 Å². The van der Waals surface area contributed by atoms with Crippen LogP contribution in [-0.2, 0) is 24.8 Å². The average Bonchev–Trinajstić information content (AvgIpc) is 2.91. The molecule has 2 saturated heterocycles. The van der Waals surface area contributed by atoms with Crippen molar-refractivity contribution in [3.05, 3.63) is 47.5 Å². The molecular formula is C24H33ClN4O6S2. The van der Waals surface area contributed by atoms with Gasteiger partial charge in [-0.2, -0.15) is 4.31 Å². The molecule has 37 heavy (non-hydrogen) atoms. The van der Waals surface area contributed by atoms with Crippen molar-refractivity contribution < 1.29 is 26.3 Å². The second-order valence-corrected chi connectivity index (χ2v) is 13.0. The molecule has 0 bridgehead atoms. The normalized spacial score (nSPS) is 18.2. The quantitative estimate of drug-likeness (QED) is 0.430. The zero-order chi connectivity index (χ0) is 26.5. The van der Waals surface area contributed by atoms with Crippen molar-refractivity contribution in [2.24, 2.45) is 0 Å². The fraction of sp³-hybridized carbons (Fsp3) is 0.500. The highest BCUT2D eigenvalue weighted by Gasteiger charge is 2.30. The number of nitrogens with zero attached hydrogens (tertiary/aromatic N) is 3. The summed E-state index contributed by atoms with van der Waals surface area (Å²) in [7, 11) is -5.84.